The maximum Gasteiger partial charge on any atom is 0.249 e. The molecule has 0 aliphatic rings. The fourth-order valence-corrected chi connectivity index (χ4v) is 2.66. The average Bonchev–Trinajstić information content (AvgIpc) is 2.49. The van der Waals surface area contributed by atoms with Crippen molar-refractivity contribution >= 4 is 21.4 Å². The van der Waals surface area contributed by atoms with Gasteiger partial charge in [0.15, 0.2) is 9.84 Å². The SMILES string of the molecule is Cc1ccc(NC(=O)/C=C\S(=O)(=O)c2ccccc2)cc1. The predicted octanol–water partition coefficient (Wildman–Crippen LogP) is 2.92. The zero-order valence-corrected chi connectivity index (χ0v) is 12.3. The van der Waals surface area contributed by atoms with Gasteiger partial charge in [0.1, 0.15) is 0 Å². The van der Waals surface area contributed by atoms with Crippen LogP contribution in [0.4, 0.5) is 5.69 Å². The second kappa shape index (κ2) is 6.37. The minimum Gasteiger partial charge on any atom is -0.322 e. The molecular formula is C16H15NO3S. The van der Waals surface area contributed by atoms with Crippen LogP contribution in [0.5, 0.6) is 0 Å². The number of carbonyl (C=O) groups is 1. The Morgan fingerprint density at radius 1 is 1.00 bits per heavy atom. The molecule has 1 N–H and O–H groups in total. The summed E-state index contributed by atoms with van der Waals surface area (Å²) >= 11 is 0. The first-order valence-corrected chi connectivity index (χ1v) is 7.88. The minimum absolute atomic E-state index is 0.157. The van der Waals surface area contributed by atoms with E-state index in [4.69, 9.17) is 0 Å². The van der Waals surface area contributed by atoms with Crippen molar-refractivity contribution in [2.75, 3.05) is 5.32 Å². The molecule has 0 bridgehead atoms. The zero-order chi connectivity index (χ0) is 15.3. The Morgan fingerprint density at radius 3 is 2.24 bits per heavy atom. The molecule has 4 nitrogen and oxygen atoms in total. The lowest BCUT2D eigenvalue weighted by Gasteiger charge is -2.02. The summed E-state index contributed by atoms with van der Waals surface area (Å²) in [7, 11) is -3.60. The van der Waals surface area contributed by atoms with Gasteiger partial charge in [0.25, 0.3) is 0 Å². The van der Waals surface area contributed by atoms with Gasteiger partial charge < -0.3 is 5.32 Å². The van der Waals surface area contributed by atoms with Gasteiger partial charge in [0.05, 0.1) is 4.90 Å². The van der Waals surface area contributed by atoms with Gasteiger partial charge in [-0.3, -0.25) is 4.79 Å². The third-order valence-corrected chi connectivity index (χ3v) is 4.21. The van der Waals surface area contributed by atoms with Gasteiger partial charge in [0.2, 0.25) is 5.91 Å². The Hall–Kier alpha value is -2.40. The highest BCUT2D eigenvalue weighted by Crippen LogP contribution is 2.12. The number of benzene rings is 2. The summed E-state index contributed by atoms with van der Waals surface area (Å²) in [5.41, 5.74) is 1.70. The van der Waals surface area contributed by atoms with Gasteiger partial charge in [0, 0.05) is 17.2 Å². The normalized spacial score (nSPS) is 11.5. The van der Waals surface area contributed by atoms with Crippen LogP contribution < -0.4 is 5.32 Å². The van der Waals surface area contributed by atoms with E-state index in [1.54, 1.807) is 30.3 Å². The Labute approximate surface area is 124 Å². The van der Waals surface area contributed by atoms with E-state index in [-0.39, 0.29) is 4.90 Å². The van der Waals surface area contributed by atoms with Crippen molar-refractivity contribution in [1.29, 1.82) is 0 Å². The molecule has 2 rings (SSSR count). The van der Waals surface area contributed by atoms with Gasteiger partial charge >= 0.3 is 0 Å². The first-order chi connectivity index (χ1) is 9.97. The highest BCUT2D eigenvalue weighted by Gasteiger charge is 2.09. The van der Waals surface area contributed by atoms with E-state index in [2.05, 4.69) is 5.32 Å². The molecule has 0 aliphatic carbocycles. The summed E-state index contributed by atoms with van der Waals surface area (Å²) in [5.74, 6) is -0.488. The number of sulfone groups is 1. The molecule has 0 heterocycles. The van der Waals surface area contributed by atoms with E-state index >= 15 is 0 Å². The number of amides is 1. The second-order valence-electron chi connectivity index (χ2n) is 4.52. The van der Waals surface area contributed by atoms with E-state index in [1.807, 2.05) is 19.1 Å². The van der Waals surface area contributed by atoms with Crippen LogP contribution in [-0.4, -0.2) is 14.3 Å². The monoisotopic (exact) mass is 301 g/mol. The average molecular weight is 301 g/mol. The van der Waals surface area contributed by atoms with Crippen LogP contribution in [0.3, 0.4) is 0 Å². The van der Waals surface area contributed by atoms with E-state index in [0.29, 0.717) is 5.69 Å². The second-order valence-corrected chi connectivity index (χ2v) is 6.35. The topological polar surface area (TPSA) is 63.2 Å². The molecule has 0 unspecified atom stereocenters. The summed E-state index contributed by atoms with van der Waals surface area (Å²) in [5, 5.41) is 3.51. The van der Waals surface area contributed by atoms with Gasteiger partial charge in [-0.2, -0.15) is 0 Å². The van der Waals surface area contributed by atoms with Crippen molar-refractivity contribution in [3.05, 3.63) is 71.6 Å². The van der Waals surface area contributed by atoms with E-state index in [0.717, 1.165) is 17.0 Å². The lowest BCUT2D eigenvalue weighted by molar-refractivity contribution is -0.111. The molecule has 5 heteroatoms. The molecule has 0 atom stereocenters. The Morgan fingerprint density at radius 2 is 1.62 bits per heavy atom. The molecule has 0 fully saturated rings. The smallest absolute Gasteiger partial charge is 0.249 e. The molecule has 0 aromatic heterocycles. The molecule has 0 saturated carbocycles. The van der Waals surface area contributed by atoms with Crippen molar-refractivity contribution in [2.24, 2.45) is 0 Å². The van der Waals surface area contributed by atoms with Crippen LogP contribution in [0.2, 0.25) is 0 Å². The standard InChI is InChI=1S/C16H15NO3S/c1-13-7-9-14(10-8-13)17-16(18)11-12-21(19,20)15-5-3-2-4-6-15/h2-12H,1H3,(H,17,18)/b12-11-. The Balaban J connectivity index is 2.07. The largest absolute Gasteiger partial charge is 0.322 e. The number of anilines is 1. The van der Waals surface area contributed by atoms with Crippen LogP contribution in [-0.2, 0) is 14.6 Å². The van der Waals surface area contributed by atoms with Gasteiger partial charge in [-0.15, -0.1) is 0 Å². The zero-order valence-electron chi connectivity index (χ0n) is 11.5. The molecule has 1 amide bonds. The van der Waals surface area contributed by atoms with E-state index in [9.17, 15) is 13.2 Å². The molecule has 21 heavy (non-hydrogen) atoms. The Kier molecular flexibility index (Phi) is 4.55. The number of nitrogens with one attached hydrogen (secondary N) is 1. The Bertz CT molecular complexity index is 748. The van der Waals surface area contributed by atoms with Crippen LogP contribution >= 0.6 is 0 Å². The highest BCUT2D eigenvalue weighted by atomic mass is 32.2. The number of hydrogen-bond donors (Lipinski definition) is 1. The van der Waals surface area contributed by atoms with Crippen molar-refractivity contribution in [2.45, 2.75) is 11.8 Å². The van der Waals surface area contributed by atoms with Crippen LogP contribution in [0.25, 0.3) is 0 Å². The molecule has 2 aromatic rings. The maximum absolute atomic E-state index is 12.0. The quantitative estimate of drug-likeness (QED) is 0.883. The van der Waals surface area contributed by atoms with Crippen LogP contribution in [0, 0.1) is 6.92 Å². The lowest BCUT2D eigenvalue weighted by atomic mass is 10.2. The van der Waals surface area contributed by atoms with Gasteiger partial charge in [-0.25, -0.2) is 8.42 Å². The van der Waals surface area contributed by atoms with Crippen molar-refractivity contribution in [3.63, 3.8) is 0 Å². The molecule has 2 aromatic carbocycles. The minimum atomic E-state index is -3.60. The number of rotatable bonds is 4. The molecular weight excluding hydrogens is 286 g/mol. The fraction of sp³-hybridized carbons (Fsp3) is 0.0625. The number of carbonyl (C=O) groups excluding carboxylic acids is 1. The molecule has 0 spiro atoms. The van der Waals surface area contributed by atoms with Crippen molar-refractivity contribution in [3.8, 4) is 0 Å². The third kappa shape index (κ3) is 4.29. The number of hydrogen-bond acceptors (Lipinski definition) is 3. The molecule has 0 aliphatic heterocycles. The summed E-state index contributed by atoms with van der Waals surface area (Å²) in [6, 6.07) is 15.2. The third-order valence-electron chi connectivity index (χ3n) is 2.79. The van der Waals surface area contributed by atoms with Crippen molar-refractivity contribution in [1.82, 2.24) is 0 Å². The predicted molar refractivity (Wildman–Crippen MR) is 82.6 cm³/mol. The van der Waals surface area contributed by atoms with Gasteiger partial charge in [-0.05, 0) is 31.2 Å². The first-order valence-electron chi connectivity index (χ1n) is 6.33. The van der Waals surface area contributed by atoms with Crippen LogP contribution in [0.1, 0.15) is 5.56 Å². The maximum atomic E-state index is 12.0. The van der Waals surface area contributed by atoms with Crippen LogP contribution in [0.15, 0.2) is 71.0 Å². The molecule has 108 valence electrons. The summed E-state index contributed by atoms with van der Waals surface area (Å²) < 4.78 is 23.9. The van der Waals surface area contributed by atoms with Gasteiger partial charge in [-0.1, -0.05) is 35.9 Å². The molecule has 0 radical (unpaired) electrons. The summed E-state index contributed by atoms with van der Waals surface area (Å²) in [4.78, 5) is 11.9. The fourth-order valence-electron chi connectivity index (χ4n) is 1.66. The number of aryl methyl sites for hydroxylation is 1. The lowest BCUT2D eigenvalue weighted by Crippen LogP contribution is -2.08. The summed E-state index contributed by atoms with van der Waals surface area (Å²) in [6.45, 7) is 1.94. The first kappa shape index (κ1) is 15.0. The van der Waals surface area contributed by atoms with E-state index in [1.165, 1.54) is 12.1 Å². The molecule has 0 saturated heterocycles. The van der Waals surface area contributed by atoms with E-state index < -0.39 is 15.7 Å². The van der Waals surface area contributed by atoms with Crippen molar-refractivity contribution < 1.29 is 13.2 Å². The highest BCUT2D eigenvalue weighted by molar-refractivity contribution is 7.94. The summed E-state index contributed by atoms with van der Waals surface area (Å²) in [6.07, 6.45) is 1.02.